The van der Waals surface area contributed by atoms with Crippen LogP contribution in [0.15, 0.2) is 71.7 Å². The molecule has 1 aliphatic heterocycles. The van der Waals surface area contributed by atoms with Crippen LogP contribution in [0.3, 0.4) is 0 Å². The number of fused-ring (bicyclic) bond motifs is 1. The van der Waals surface area contributed by atoms with E-state index in [4.69, 9.17) is 10.5 Å². The summed E-state index contributed by atoms with van der Waals surface area (Å²) < 4.78 is 8.24. The number of ether oxygens (including phenoxy) is 1. The summed E-state index contributed by atoms with van der Waals surface area (Å²) in [5.41, 5.74) is 9.32. The Hall–Kier alpha value is -4.66. The SMILES string of the molecule is COc1ccc(-n2nc(C(N)=O)c3c2C(=O)N(c2ccc(-n4cc(C)ccc4=O)cc2)CC3)cc1. The smallest absolute Gasteiger partial charge is 0.277 e. The predicted molar refractivity (Wildman–Crippen MR) is 131 cm³/mol. The highest BCUT2D eigenvalue weighted by atomic mass is 16.5. The average Bonchev–Trinajstić information content (AvgIpc) is 3.27. The van der Waals surface area contributed by atoms with Gasteiger partial charge in [-0.3, -0.25) is 19.0 Å². The highest BCUT2D eigenvalue weighted by Gasteiger charge is 2.34. The van der Waals surface area contributed by atoms with Gasteiger partial charge in [0.2, 0.25) is 0 Å². The van der Waals surface area contributed by atoms with Crippen LogP contribution in [0.5, 0.6) is 5.75 Å². The van der Waals surface area contributed by atoms with Crippen LogP contribution in [-0.4, -0.2) is 39.8 Å². The maximum atomic E-state index is 13.7. The van der Waals surface area contributed by atoms with Crippen molar-refractivity contribution in [3.8, 4) is 17.1 Å². The zero-order valence-electron chi connectivity index (χ0n) is 19.3. The summed E-state index contributed by atoms with van der Waals surface area (Å²) in [5, 5.41) is 4.38. The van der Waals surface area contributed by atoms with Crippen molar-refractivity contribution in [2.24, 2.45) is 5.73 Å². The number of aryl methyl sites for hydroxylation is 1. The number of carbonyl (C=O) groups is 2. The second kappa shape index (κ2) is 8.60. The van der Waals surface area contributed by atoms with Gasteiger partial charge in [-0.2, -0.15) is 5.10 Å². The van der Waals surface area contributed by atoms with E-state index in [1.165, 1.54) is 10.7 Å². The third kappa shape index (κ3) is 3.86. The lowest BCUT2D eigenvalue weighted by molar-refractivity contribution is 0.0972. The Morgan fingerprint density at radius 1 is 0.943 bits per heavy atom. The van der Waals surface area contributed by atoms with Gasteiger partial charge in [0.25, 0.3) is 17.4 Å². The van der Waals surface area contributed by atoms with Crippen molar-refractivity contribution in [3.63, 3.8) is 0 Å². The number of anilines is 1. The maximum Gasteiger partial charge on any atom is 0.277 e. The van der Waals surface area contributed by atoms with Crippen LogP contribution < -0.4 is 20.9 Å². The molecule has 0 unspecified atom stereocenters. The van der Waals surface area contributed by atoms with Crippen LogP contribution in [0.4, 0.5) is 5.69 Å². The zero-order valence-corrected chi connectivity index (χ0v) is 19.3. The van der Waals surface area contributed by atoms with Crippen LogP contribution in [-0.2, 0) is 6.42 Å². The van der Waals surface area contributed by atoms with Gasteiger partial charge in [-0.15, -0.1) is 0 Å². The van der Waals surface area contributed by atoms with E-state index in [0.717, 1.165) is 5.56 Å². The molecular weight excluding hydrogens is 446 g/mol. The third-order valence-electron chi connectivity index (χ3n) is 6.07. The van der Waals surface area contributed by atoms with Gasteiger partial charge in [0, 0.05) is 35.7 Å². The van der Waals surface area contributed by atoms with Crippen molar-refractivity contribution in [1.29, 1.82) is 0 Å². The first-order valence-electron chi connectivity index (χ1n) is 11.0. The zero-order chi connectivity index (χ0) is 24.7. The van der Waals surface area contributed by atoms with Crippen molar-refractivity contribution >= 4 is 17.5 Å². The number of primary amides is 1. The summed E-state index contributed by atoms with van der Waals surface area (Å²) in [6.45, 7) is 2.28. The summed E-state index contributed by atoms with van der Waals surface area (Å²) in [6.07, 6.45) is 2.20. The van der Waals surface area contributed by atoms with Gasteiger partial charge in [-0.1, -0.05) is 6.07 Å². The molecule has 2 N–H and O–H groups in total. The van der Waals surface area contributed by atoms with Gasteiger partial charge in [0.1, 0.15) is 11.4 Å². The molecule has 0 saturated carbocycles. The summed E-state index contributed by atoms with van der Waals surface area (Å²) in [4.78, 5) is 39.6. The monoisotopic (exact) mass is 469 g/mol. The van der Waals surface area contributed by atoms with Gasteiger partial charge in [0.05, 0.1) is 12.8 Å². The number of pyridine rings is 1. The fourth-order valence-electron chi connectivity index (χ4n) is 4.30. The molecule has 176 valence electrons. The lowest BCUT2D eigenvalue weighted by Gasteiger charge is -2.28. The molecule has 3 heterocycles. The highest BCUT2D eigenvalue weighted by Crippen LogP contribution is 2.29. The maximum absolute atomic E-state index is 13.7. The number of hydrogen-bond acceptors (Lipinski definition) is 5. The van der Waals surface area contributed by atoms with Gasteiger partial charge in [0.15, 0.2) is 5.69 Å². The molecule has 1 aliphatic rings. The molecule has 4 aromatic rings. The molecule has 0 radical (unpaired) electrons. The first-order valence-corrected chi connectivity index (χ1v) is 11.0. The molecular formula is C26H23N5O4. The van der Waals surface area contributed by atoms with Crippen molar-refractivity contribution in [3.05, 3.63) is 99.7 Å². The molecule has 2 aromatic carbocycles. The molecule has 35 heavy (non-hydrogen) atoms. The van der Waals surface area contributed by atoms with E-state index < -0.39 is 5.91 Å². The first kappa shape index (κ1) is 22.1. The van der Waals surface area contributed by atoms with Crippen molar-refractivity contribution < 1.29 is 14.3 Å². The molecule has 0 saturated heterocycles. The normalized spacial score (nSPS) is 13.0. The molecule has 9 heteroatoms. The number of benzene rings is 2. The summed E-state index contributed by atoms with van der Waals surface area (Å²) in [7, 11) is 1.57. The summed E-state index contributed by atoms with van der Waals surface area (Å²) in [6, 6.07) is 17.5. The Kier molecular flexibility index (Phi) is 5.44. The molecule has 0 atom stereocenters. The lowest BCUT2D eigenvalue weighted by atomic mass is 10.0. The summed E-state index contributed by atoms with van der Waals surface area (Å²) in [5.74, 6) is -0.309. The quantitative estimate of drug-likeness (QED) is 0.483. The number of nitrogens with zero attached hydrogens (tertiary/aromatic N) is 4. The van der Waals surface area contributed by atoms with Gasteiger partial charge >= 0.3 is 0 Å². The van der Waals surface area contributed by atoms with Crippen molar-refractivity contribution in [2.45, 2.75) is 13.3 Å². The Morgan fingerprint density at radius 3 is 2.26 bits per heavy atom. The van der Waals surface area contributed by atoms with E-state index in [1.54, 1.807) is 77.4 Å². The van der Waals surface area contributed by atoms with Crippen LogP contribution >= 0.6 is 0 Å². The van der Waals surface area contributed by atoms with Crippen molar-refractivity contribution in [2.75, 3.05) is 18.6 Å². The standard InChI is InChI=1S/C26H23N5O4/c1-16-3-12-22(32)30(15-16)18-6-4-17(5-7-18)29-14-13-21-23(25(27)33)28-31(24(21)26(29)34)19-8-10-20(35-2)11-9-19/h3-12,15H,13-14H2,1-2H3,(H2,27,33). The second-order valence-electron chi connectivity index (χ2n) is 8.29. The second-order valence-corrected chi connectivity index (χ2v) is 8.29. The number of carbonyl (C=O) groups excluding carboxylic acids is 2. The van der Waals surface area contributed by atoms with Crippen molar-refractivity contribution in [1.82, 2.24) is 14.3 Å². The molecule has 9 nitrogen and oxygen atoms in total. The minimum Gasteiger partial charge on any atom is -0.497 e. The minimum atomic E-state index is -0.678. The minimum absolute atomic E-state index is 0.0954. The Bertz CT molecular complexity index is 1500. The van der Waals surface area contributed by atoms with Gasteiger partial charge in [-0.05, 0) is 67.4 Å². The Balaban J connectivity index is 1.53. The third-order valence-corrected chi connectivity index (χ3v) is 6.07. The Morgan fingerprint density at radius 2 is 1.60 bits per heavy atom. The molecule has 2 amide bonds. The fourth-order valence-corrected chi connectivity index (χ4v) is 4.30. The number of amides is 2. The average molecular weight is 470 g/mol. The number of methoxy groups -OCH3 is 1. The van der Waals surface area contributed by atoms with E-state index in [2.05, 4.69) is 5.10 Å². The largest absolute Gasteiger partial charge is 0.497 e. The number of aromatic nitrogens is 3. The van der Waals surface area contributed by atoms with E-state index in [-0.39, 0.29) is 17.2 Å². The fraction of sp³-hybridized carbons (Fsp3) is 0.154. The number of nitrogens with two attached hydrogens (primary N) is 1. The summed E-state index contributed by atoms with van der Waals surface area (Å²) >= 11 is 0. The van der Waals surface area contributed by atoms with E-state index in [1.807, 2.05) is 6.92 Å². The number of rotatable bonds is 5. The highest BCUT2D eigenvalue weighted by molar-refractivity contribution is 6.09. The first-order chi connectivity index (χ1) is 16.9. The number of hydrogen-bond donors (Lipinski definition) is 1. The van der Waals surface area contributed by atoms with Gasteiger partial charge < -0.3 is 15.4 Å². The van der Waals surface area contributed by atoms with Crippen LogP contribution in [0.1, 0.15) is 32.1 Å². The van der Waals surface area contributed by atoms with E-state index in [0.29, 0.717) is 47.0 Å². The molecule has 0 spiro atoms. The van der Waals surface area contributed by atoms with Gasteiger partial charge in [-0.25, -0.2) is 4.68 Å². The molecule has 0 bridgehead atoms. The topological polar surface area (TPSA) is 112 Å². The van der Waals surface area contributed by atoms with Crippen LogP contribution in [0.2, 0.25) is 0 Å². The Labute approximate surface area is 201 Å². The predicted octanol–water partition coefficient (Wildman–Crippen LogP) is 2.64. The molecule has 0 fully saturated rings. The van der Waals surface area contributed by atoms with E-state index in [9.17, 15) is 14.4 Å². The van der Waals surface area contributed by atoms with E-state index >= 15 is 0 Å². The lowest BCUT2D eigenvalue weighted by Crippen LogP contribution is -2.39. The van der Waals surface area contributed by atoms with Crippen LogP contribution in [0, 0.1) is 6.92 Å². The van der Waals surface area contributed by atoms with Crippen LogP contribution in [0.25, 0.3) is 11.4 Å². The molecule has 5 rings (SSSR count). The molecule has 2 aromatic heterocycles. The molecule has 0 aliphatic carbocycles.